The highest BCUT2D eigenvalue weighted by atomic mass is 16.6. The Morgan fingerprint density at radius 3 is 2.40 bits per heavy atom. The van der Waals surface area contributed by atoms with E-state index in [9.17, 15) is 9.59 Å². The number of nitrogens with one attached hydrogen (secondary N) is 1. The van der Waals surface area contributed by atoms with E-state index in [1.807, 2.05) is 44.2 Å². The normalized spacial score (nSPS) is 22.7. The Labute approximate surface area is 206 Å². The summed E-state index contributed by atoms with van der Waals surface area (Å²) in [4.78, 5) is 28.8. The molecule has 0 radical (unpaired) electrons. The third kappa shape index (κ3) is 5.25. The second kappa shape index (κ2) is 9.96. The number of nitrogens with two attached hydrogens (primary N) is 1. The fourth-order valence-corrected chi connectivity index (χ4v) is 5.08. The van der Waals surface area contributed by atoms with Crippen molar-refractivity contribution in [3.63, 3.8) is 0 Å². The number of hydrogen-bond donors (Lipinski definition) is 2. The van der Waals surface area contributed by atoms with Crippen LogP contribution in [0.3, 0.4) is 0 Å². The van der Waals surface area contributed by atoms with Crippen LogP contribution >= 0.6 is 0 Å². The van der Waals surface area contributed by atoms with Gasteiger partial charge in [0.05, 0.1) is 24.2 Å². The van der Waals surface area contributed by atoms with Crippen molar-refractivity contribution < 1.29 is 19.1 Å². The van der Waals surface area contributed by atoms with Crippen LogP contribution in [0, 0.1) is 0 Å². The molecule has 0 aromatic heterocycles. The predicted molar refractivity (Wildman–Crippen MR) is 135 cm³/mol. The molecule has 0 bridgehead atoms. The Morgan fingerprint density at radius 1 is 1.06 bits per heavy atom. The number of carbonyl (C=O) groups is 2. The van der Waals surface area contributed by atoms with E-state index in [0.29, 0.717) is 34.8 Å². The molecule has 0 spiro atoms. The molecule has 3 N–H and O–H groups in total. The lowest BCUT2D eigenvalue weighted by atomic mass is 9.80. The lowest BCUT2D eigenvalue weighted by Crippen LogP contribution is -2.38. The molecule has 7 nitrogen and oxygen atoms in total. The van der Waals surface area contributed by atoms with Gasteiger partial charge < -0.3 is 20.5 Å². The first-order chi connectivity index (χ1) is 16.7. The highest BCUT2D eigenvalue weighted by Crippen LogP contribution is 2.40. The van der Waals surface area contributed by atoms with E-state index in [0.717, 1.165) is 25.1 Å². The summed E-state index contributed by atoms with van der Waals surface area (Å²) in [7, 11) is 1.34. The maximum absolute atomic E-state index is 13.7. The van der Waals surface area contributed by atoms with Gasteiger partial charge in [-0.05, 0) is 44.0 Å². The average Bonchev–Trinajstić information content (AvgIpc) is 3.18. The first-order valence-electron chi connectivity index (χ1n) is 11.8. The predicted octanol–water partition coefficient (Wildman–Crippen LogP) is 3.88. The molecule has 35 heavy (non-hydrogen) atoms. The molecular formula is C28H33N3O4. The minimum absolute atomic E-state index is 0.373. The summed E-state index contributed by atoms with van der Waals surface area (Å²) in [5.74, 6) is -1.59. The molecule has 2 aromatic carbocycles. The number of esters is 2. The number of likely N-dealkylation sites (tertiary alicyclic amines) is 1. The summed E-state index contributed by atoms with van der Waals surface area (Å²) in [5, 5.41) is 3.18. The number of nitrogens with zero attached hydrogens (tertiary/aromatic N) is 1. The number of hydrogen-bond acceptors (Lipinski definition) is 7. The minimum Gasteiger partial charge on any atom is -0.466 e. The summed E-state index contributed by atoms with van der Waals surface area (Å²) in [6.07, 6.45) is 0.729. The van der Waals surface area contributed by atoms with Crippen molar-refractivity contribution in [1.29, 1.82) is 0 Å². The summed E-state index contributed by atoms with van der Waals surface area (Å²) in [6.45, 7) is 7.87. The van der Waals surface area contributed by atoms with Crippen molar-refractivity contribution in [2.24, 2.45) is 0 Å². The van der Waals surface area contributed by atoms with Gasteiger partial charge in [0.2, 0.25) is 0 Å². The lowest BCUT2D eigenvalue weighted by molar-refractivity contribution is -0.152. The smallest absolute Gasteiger partial charge is 0.337 e. The number of ether oxygens (including phenoxy) is 2. The molecule has 1 fully saturated rings. The molecule has 2 unspecified atom stereocenters. The van der Waals surface area contributed by atoms with Crippen LogP contribution in [0.25, 0.3) is 0 Å². The van der Waals surface area contributed by atoms with Gasteiger partial charge in [-0.1, -0.05) is 42.5 Å². The van der Waals surface area contributed by atoms with E-state index in [4.69, 9.17) is 15.2 Å². The monoisotopic (exact) mass is 475 g/mol. The summed E-state index contributed by atoms with van der Waals surface area (Å²) in [6, 6.07) is 17.5. The fourth-order valence-electron chi connectivity index (χ4n) is 5.08. The molecule has 1 saturated heterocycles. The second-order valence-corrected chi connectivity index (χ2v) is 9.58. The quantitative estimate of drug-likeness (QED) is 0.484. The van der Waals surface area contributed by atoms with Gasteiger partial charge in [0.1, 0.15) is 5.60 Å². The number of carbonyl (C=O) groups excluding carboxylic acids is 2. The van der Waals surface area contributed by atoms with Gasteiger partial charge in [0, 0.05) is 43.1 Å². The molecule has 184 valence electrons. The standard InChI is InChI=1S/C28H33N3O4/c1-18-23(26(32)34-4)25(21-11-8-12-22(29)15-21)24(19(2)30-18)27(33)35-28(3)13-14-31(17-28)16-20-9-6-5-7-10-20/h5-12,15,25,30H,13-14,16-17,29H2,1-4H3. The van der Waals surface area contributed by atoms with E-state index in [2.05, 4.69) is 22.3 Å². The van der Waals surface area contributed by atoms with E-state index < -0.39 is 23.5 Å². The van der Waals surface area contributed by atoms with Crippen LogP contribution in [-0.2, 0) is 25.6 Å². The Bertz CT molecular complexity index is 1190. The van der Waals surface area contributed by atoms with Gasteiger partial charge in [-0.3, -0.25) is 4.90 Å². The van der Waals surface area contributed by atoms with Crippen LogP contribution in [-0.4, -0.2) is 42.6 Å². The van der Waals surface area contributed by atoms with Gasteiger partial charge >= 0.3 is 11.9 Å². The minimum atomic E-state index is -0.648. The Balaban J connectivity index is 1.61. The number of benzene rings is 2. The Morgan fingerprint density at radius 2 is 1.74 bits per heavy atom. The molecule has 2 aromatic rings. The zero-order chi connectivity index (χ0) is 25.2. The molecule has 0 saturated carbocycles. The van der Waals surface area contributed by atoms with Crippen molar-refractivity contribution in [2.45, 2.75) is 45.3 Å². The van der Waals surface area contributed by atoms with E-state index in [1.165, 1.54) is 12.7 Å². The topological polar surface area (TPSA) is 93.9 Å². The molecule has 0 aliphatic carbocycles. The first kappa shape index (κ1) is 24.5. The van der Waals surface area contributed by atoms with Crippen molar-refractivity contribution >= 4 is 17.6 Å². The van der Waals surface area contributed by atoms with Crippen LogP contribution in [0.5, 0.6) is 0 Å². The average molecular weight is 476 g/mol. The third-order valence-corrected chi connectivity index (χ3v) is 6.73. The highest BCUT2D eigenvalue weighted by molar-refractivity contribution is 6.00. The number of dihydropyridines is 1. The van der Waals surface area contributed by atoms with Crippen molar-refractivity contribution in [3.8, 4) is 0 Å². The van der Waals surface area contributed by atoms with E-state index in [-0.39, 0.29) is 0 Å². The van der Waals surface area contributed by atoms with Crippen LogP contribution in [0.2, 0.25) is 0 Å². The lowest BCUT2D eigenvalue weighted by Gasteiger charge is -2.33. The van der Waals surface area contributed by atoms with Crippen LogP contribution < -0.4 is 11.1 Å². The molecule has 2 heterocycles. The van der Waals surface area contributed by atoms with E-state index >= 15 is 0 Å². The van der Waals surface area contributed by atoms with Crippen LogP contribution in [0.1, 0.15) is 44.2 Å². The van der Waals surface area contributed by atoms with Gasteiger partial charge in [-0.2, -0.15) is 0 Å². The Hall–Kier alpha value is -3.58. The van der Waals surface area contributed by atoms with Crippen molar-refractivity contribution in [2.75, 3.05) is 25.9 Å². The fraction of sp³-hybridized carbons (Fsp3) is 0.357. The summed E-state index contributed by atoms with van der Waals surface area (Å²) >= 11 is 0. The van der Waals surface area contributed by atoms with Gasteiger partial charge in [-0.25, -0.2) is 9.59 Å². The number of methoxy groups -OCH3 is 1. The molecular weight excluding hydrogens is 442 g/mol. The van der Waals surface area contributed by atoms with Gasteiger partial charge in [0.25, 0.3) is 0 Å². The zero-order valence-electron chi connectivity index (χ0n) is 20.8. The van der Waals surface area contributed by atoms with Crippen molar-refractivity contribution in [3.05, 3.63) is 88.3 Å². The first-order valence-corrected chi connectivity index (χ1v) is 11.8. The molecule has 4 rings (SSSR count). The molecule has 2 atom stereocenters. The Kier molecular flexibility index (Phi) is 6.98. The van der Waals surface area contributed by atoms with Crippen molar-refractivity contribution in [1.82, 2.24) is 10.2 Å². The zero-order valence-corrected chi connectivity index (χ0v) is 20.8. The highest BCUT2D eigenvalue weighted by Gasteiger charge is 2.42. The third-order valence-electron chi connectivity index (χ3n) is 6.73. The molecule has 2 aliphatic rings. The largest absolute Gasteiger partial charge is 0.466 e. The second-order valence-electron chi connectivity index (χ2n) is 9.58. The number of anilines is 1. The van der Waals surface area contributed by atoms with Crippen LogP contribution in [0.15, 0.2) is 77.1 Å². The van der Waals surface area contributed by atoms with Gasteiger partial charge in [0.15, 0.2) is 0 Å². The molecule has 0 amide bonds. The van der Waals surface area contributed by atoms with E-state index in [1.54, 1.807) is 19.1 Å². The van der Waals surface area contributed by atoms with Gasteiger partial charge in [-0.15, -0.1) is 0 Å². The molecule has 2 aliphatic heterocycles. The SMILES string of the molecule is COC(=O)C1=C(C)NC(C)=C(C(=O)OC2(C)CCN(Cc3ccccc3)C2)C1c1cccc(N)c1. The summed E-state index contributed by atoms with van der Waals surface area (Å²) in [5.41, 5.74) is 9.98. The van der Waals surface area contributed by atoms with Crippen LogP contribution in [0.4, 0.5) is 5.69 Å². The number of nitrogen functional groups attached to an aromatic ring is 1. The maximum Gasteiger partial charge on any atom is 0.337 e. The maximum atomic E-state index is 13.7. The number of rotatable bonds is 6. The summed E-state index contributed by atoms with van der Waals surface area (Å²) < 4.78 is 11.3. The number of allylic oxidation sites excluding steroid dienone is 2. The molecule has 7 heteroatoms.